The summed E-state index contributed by atoms with van der Waals surface area (Å²) in [5.41, 5.74) is 2.89. The first-order valence-electron chi connectivity index (χ1n) is 7.10. The third kappa shape index (κ3) is 3.87. The molecule has 20 heavy (non-hydrogen) atoms. The number of hydrogen-bond donors (Lipinski definition) is 1. The average molecular weight is 272 g/mol. The number of nitrogens with one attached hydrogen (secondary N) is 1. The van der Waals surface area contributed by atoms with Crippen LogP contribution in [0.1, 0.15) is 36.2 Å². The van der Waals surface area contributed by atoms with E-state index in [1.807, 2.05) is 31.3 Å². The highest BCUT2D eigenvalue weighted by molar-refractivity contribution is 5.25. The van der Waals surface area contributed by atoms with Crippen molar-refractivity contribution in [2.24, 2.45) is 0 Å². The number of hydrogen-bond acceptors (Lipinski definition) is 2. The second kappa shape index (κ2) is 7.15. The second-order valence-electron chi connectivity index (χ2n) is 5.03. The molecule has 2 rings (SSSR count). The summed E-state index contributed by atoms with van der Waals surface area (Å²) >= 11 is 0. The lowest BCUT2D eigenvalue weighted by molar-refractivity contribution is 0.512. The normalized spacial score (nSPS) is 12.3. The van der Waals surface area contributed by atoms with Crippen molar-refractivity contribution in [1.29, 1.82) is 0 Å². The molecule has 2 aromatic rings. The fraction of sp³-hybridized carbons (Fsp3) is 0.353. The van der Waals surface area contributed by atoms with Gasteiger partial charge in [0, 0.05) is 17.9 Å². The highest BCUT2D eigenvalue weighted by Gasteiger charge is 2.14. The topological polar surface area (TPSA) is 24.9 Å². The molecule has 1 N–H and O–H groups in total. The molecule has 0 bridgehead atoms. The van der Waals surface area contributed by atoms with E-state index in [4.69, 9.17) is 0 Å². The number of benzene rings is 1. The Balaban J connectivity index is 2.21. The van der Waals surface area contributed by atoms with E-state index in [1.54, 1.807) is 6.07 Å². The van der Waals surface area contributed by atoms with Crippen LogP contribution in [-0.4, -0.2) is 11.5 Å². The van der Waals surface area contributed by atoms with Crippen LogP contribution in [0.5, 0.6) is 0 Å². The lowest BCUT2D eigenvalue weighted by Crippen LogP contribution is -2.24. The van der Waals surface area contributed by atoms with Crippen molar-refractivity contribution in [1.82, 2.24) is 10.3 Å². The van der Waals surface area contributed by atoms with Crippen LogP contribution < -0.4 is 5.32 Å². The van der Waals surface area contributed by atoms with Gasteiger partial charge in [0.05, 0.1) is 0 Å². The van der Waals surface area contributed by atoms with Gasteiger partial charge in [-0.3, -0.25) is 4.98 Å². The molecule has 0 saturated heterocycles. The standard InChI is InChI=1S/C17H21FN2/c1-3-9-20-17(15-8-10-19-13(2)11-15)12-14-6-4-5-7-16(14)18/h4-8,10-11,17,20H,3,9,12H2,1-2H3. The predicted octanol–water partition coefficient (Wildman–Crippen LogP) is 3.81. The van der Waals surface area contributed by atoms with Gasteiger partial charge in [0.1, 0.15) is 5.82 Å². The molecule has 3 heteroatoms. The van der Waals surface area contributed by atoms with Gasteiger partial charge in [0.2, 0.25) is 0 Å². The SMILES string of the molecule is CCCNC(Cc1ccccc1F)c1ccnc(C)c1. The molecular weight excluding hydrogens is 251 g/mol. The smallest absolute Gasteiger partial charge is 0.126 e. The summed E-state index contributed by atoms with van der Waals surface area (Å²) in [7, 11) is 0. The van der Waals surface area contributed by atoms with E-state index in [2.05, 4.69) is 23.3 Å². The molecule has 0 amide bonds. The molecule has 1 unspecified atom stereocenters. The fourth-order valence-corrected chi connectivity index (χ4v) is 2.29. The Kier molecular flexibility index (Phi) is 5.24. The zero-order chi connectivity index (χ0) is 14.4. The first-order valence-corrected chi connectivity index (χ1v) is 7.10. The van der Waals surface area contributed by atoms with E-state index < -0.39 is 0 Å². The number of rotatable bonds is 6. The number of pyridine rings is 1. The largest absolute Gasteiger partial charge is 0.310 e. The first-order chi connectivity index (χ1) is 9.70. The van der Waals surface area contributed by atoms with Crippen LogP contribution in [0.15, 0.2) is 42.6 Å². The van der Waals surface area contributed by atoms with Crippen LogP contribution in [0.4, 0.5) is 4.39 Å². The maximum absolute atomic E-state index is 13.8. The van der Waals surface area contributed by atoms with Crippen molar-refractivity contribution in [3.63, 3.8) is 0 Å². The van der Waals surface area contributed by atoms with Crippen molar-refractivity contribution in [3.05, 3.63) is 65.2 Å². The molecule has 0 aliphatic rings. The minimum Gasteiger partial charge on any atom is -0.310 e. The quantitative estimate of drug-likeness (QED) is 0.865. The van der Waals surface area contributed by atoms with Crippen molar-refractivity contribution in [2.75, 3.05) is 6.54 Å². The molecule has 0 fully saturated rings. The van der Waals surface area contributed by atoms with E-state index in [-0.39, 0.29) is 11.9 Å². The summed E-state index contributed by atoms with van der Waals surface area (Å²) in [5.74, 6) is -0.137. The molecule has 0 aliphatic carbocycles. The molecule has 1 aromatic carbocycles. The van der Waals surface area contributed by atoms with Crippen molar-refractivity contribution < 1.29 is 4.39 Å². The van der Waals surface area contributed by atoms with E-state index in [1.165, 1.54) is 6.07 Å². The minimum atomic E-state index is -0.137. The lowest BCUT2D eigenvalue weighted by Gasteiger charge is -2.19. The zero-order valence-electron chi connectivity index (χ0n) is 12.1. The van der Waals surface area contributed by atoms with Crippen LogP contribution in [0, 0.1) is 12.7 Å². The second-order valence-corrected chi connectivity index (χ2v) is 5.03. The van der Waals surface area contributed by atoms with Crippen molar-refractivity contribution in [2.45, 2.75) is 32.7 Å². The van der Waals surface area contributed by atoms with Gasteiger partial charge in [-0.2, -0.15) is 0 Å². The summed E-state index contributed by atoms with van der Waals surface area (Å²) in [4.78, 5) is 4.23. The van der Waals surface area contributed by atoms with Gasteiger partial charge in [-0.25, -0.2) is 4.39 Å². The third-order valence-electron chi connectivity index (χ3n) is 3.35. The van der Waals surface area contributed by atoms with E-state index in [0.29, 0.717) is 6.42 Å². The maximum atomic E-state index is 13.8. The van der Waals surface area contributed by atoms with Gasteiger partial charge in [-0.1, -0.05) is 25.1 Å². The first kappa shape index (κ1) is 14.7. The lowest BCUT2D eigenvalue weighted by atomic mass is 9.98. The van der Waals surface area contributed by atoms with Crippen LogP contribution >= 0.6 is 0 Å². The van der Waals surface area contributed by atoms with Crippen molar-refractivity contribution >= 4 is 0 Å². The van der Waals surface area contributed by atoms with Crippen LogP contribution in [-0.2, 0) is 6.42 Å². The third-order valence-corrected chi connectivity index (χ3v) is 3.35. The molecule has 2 nitrogen and oxygen atoms in total. The van der Waals surface area contributed by atoms with Crippen LogP contribution in [0.3, 0.4) is 0 Å². The summed E-state index contributed by atoms with van der Waals surface area (Å²) in [6.45, 7) is 5.02. The Labute approximate surface area is 120 Å². The molecule has 0 spiro atoms. The Hall–Kier alpha value is -1.74. The van der Waals surface area contributed by atoms with E-state index >= 15 is 0 Å². The molecular formula is C17H21FN2. The highest BCUT2D eigenvalue weighted by atomic mass is 19.1. The minimum absolute atomic E-state index is 0.119. The van der Waals surface area contributed by atoms with Gasteiger partial charge in [0.25, 0.3) is 0 Å². The predicted molar refractivity (Wildman–Crippen MR) is 80.1 cm³/mol. The summed E-state index contributed by atoms with van der Waals surface area (Å²) in [6.07, 6.45) is 3.51. The summed E-state index contributed by atoms with van der Waals surface area (Å²) < 4.78 is 13.8. The van der Waals surface area contributed by atoms with Crippen molar-refractivity contribution in [3.8, 4) is 0 Å². The van der Waals surface area contributed by atoms with E-state index in [0.717, 1.165) is 29.8 Å². The van der Waals surface area contributed by atoms with Crippen LogP contribution in [0.2, 0.25) is 0 Å². The molecule has 0 radical (unpaired) electrons. The van der Waals surface area contributed by atoms with Gasteiger partial charge in [-0.15, -0.1) is 0 Å². The summed E-state index contributed by atoms with van der Waals surface area (Å²) in [6, 6.07) is 11.2. The number of aromatic nitrogens is 1. The zero-order valence-corrected chi connectivity index (χ0v) is 12.1. The highest BCUT2D eigenvalue weighted by Crippen LogP contribution is 2.20. The number of nitrogens with zero attached hydrogens (tertiary/aromatic N) is 1. The molecule has 1 heterocycles. The molecule has 106 valence electrons. The van der Waals surface area contributed by atoms with Gasteiger partial charge in [0.15, 0.2) is 0 Å². The maximum Gasteiger partial charge on any atom is 0.126 e. The van der Waals surface area contributed by atoms with Gasteiger partial charge in [-0.05, 0) is 55.6 Å². The summed E-state index contributed by atoms with van der Waals surface area (Å²) in [5, 5.41) is 3.49. The Bertz CT molecular complexity index is 554. The monoisotopic (exact) mass is 272 g/mol. The fourth-order valence-electron chi connectivity index (χ4n) is 2.29. The Morgan fingerprint density at radius 2 is 2.05 bits per heavy atom. The average Bonchev–Trinajstić information content (AvgIpc) is 2.45. The van der Waals surface area contributed by atoms with Gasteiger partial charge < -0.3 is 5.32 Å². The molecule has 1 aromatic heterocycles. The molecule has 1 atom stereocenters. The Morgan fingerprint density at radius 1 is 1.25 bits per heavy atom. The molecule has 0 saturated carbocycles. The molecule has 0 aliphatic heterocycles. The van der Waals surface area contributed by atoms with Gasteiger partial charge >= 0.3 is 0 Å². The number of halogens is 1. The van der Waals surface area contributed by atoms with E-state index in [9.17, 15) is 4.39 Å². The Morgan fingerprint density at radius 3 is 2.75 bits per heavy atom. The van der Waals surface area contributed by atoms with Crippen LogP contribution in [0.25, 0.3) is 0 Å². The number of aryl methyl sites for hydroxylation is 1.